The maximum absolute atomic E-state index is 11.1. The van der Waals surface area contributed by atoms with E-state index < -0.39 is 0 Å². The van der Waals surface area contributed by atoms with Crippen LogP contribution in [0.3, 0.4) is 0 Å². The Labute approximate surface area is 251 Å². The molecule has 0 spiro atoms. The lowest BCUT2D eigenvalue weighted by Crippen LogP contribution is -2.01. The SMILES string of the molecule is C/C=C/N=CN/C=C/C.CC.CC.CC1=CC=C(C(C)C)CC1.CCCCCC(=O)CC(C)C.c1ccccc1. The average Bonchev–Trinajstić information content (AvgIpc) is 2.97. The molecule has 0 saturated carbocycles. The summed E-state index contributed by atoms with van der Waals surface area (Å²) in [7, 11) is 0. The number of hydrogen-bond donors (Lipinski definition) is 1. The van der Waals surface area contributed by atoms with Crippen LogP contribution in [0.5, 0.6) is 0 Å². The standard InChI is InChI=1S/C10H20O.C10H16.C7H12N2.C6H6.2C2H6/c1-4-5-6-7-10(11)8-9(2)3;1-8(2)10-6-4-9(3)5-7-10;1-3-5-8-7-9-6-4-2;1-2-4-6-5-3-1;2*1-2/h9H,4-8H2,1-3H3;4,6,8H,5,7H2,1-3H3;3-7H,1-2H3,(H,8,9);1-6H;2*1-2H3/b;;5-3+,6-4+;;;. The molecule has 0 atom stereocenters. The third kappa shape index (κ3) is 39.8. The summed E-state index contributed by atoms with van der Waals surface area (Å²) in [6, 6.07) is 12.0. The van der Waals surface area contributed by atoms with Crippen LogP contribution < -0.4 is 5.32 Å². The van der Waals surface area contributed by atoms with Gasteiger partial charge in [-0.25, -0.2) is 4.99 Å². The molecule has 1 aliphatic rings. The molecule has 0 amide bonds. The van der Waals surface area contributed by atoms with Crippen LogP contribution in [-0.2, 0) is 4.79 Å². The number of benzene rings is 1. The zero-order valence-electron chi connectivity index (χ0n) is 28.5. The fraction of sp³-hybridized carbons (Fsp3) is 0.568. The number of aliphatic imine (C=N–C) groups is 1. The smallest absolute Gasteiger partial charge is 0.133 e. The number of hydrogen-bond acceptors (Lipinski definition) is 2. The molecular weight excluding hydrogens is 488 g/mol. The largest absolute Gasteiger partial charge is 0.353 e. The molecule has 1 N–H and O–H groups in total. The van der Waals surface area contributed by atoms with E-state index in [0.29, 0.717) is 11.7 Å². The molecule has 1 aliphatic carbocycles. The Hall–Kier alpha value is -2.68. The Kier molecular flexibility index (Phi) is 42.6. The van der Waals surface area contributed by atoms with Gasteiger partial charge in [-0.05, 0) is 58.1 Å². The van der Waals surface area contributed by atoms with Crippen molar-refractivity contribution < 1.29 is 4.79 Å². The molecule has 0 fully saturated rings. The van der Waals surface area contributed by atoms with Crippen LogP contribution in [0.2, 0.25) is 0 Å². The second-order valence-electron chi connectivity index (χ2n) is 9.58. The van der Waals surface area contributed by atoms with Crippen molar-refractivity contribution in [3.05, 3.63) is 84.2 Å². The molecule has 0 radical (unpaired) electrons. The van der Waals surface area contributed by atoms with Crippen LogP contribution in [0.25, 0.3) is 0 Å². The minimum Gasteiger partial charge on any atom is -0.353 e. The van der Waals surface area contributed by atoms with E-state index in [9.17, 15) is 4.79 Å². The quantitative estimate of drug-likeness (QED) is 0.177. The first kappa shape index (κ1) is 44.3. The molecule has 1 aromatic rings. The Bertz CT molecular complexity index is 742. The van der Waals surface area contributed by atoms with Crippen LogP contribution in [0.1, 0.15) is 128 Å². The summed E-state index contributed by atoms with van der Waals surface area (Å²) in [6.45, 7) is 24.9. The lowest BCUT2D eigenvalue weighted by Gasteiger charge is -2.14. The highest BCUT2D eigenvalue weighted by Gasteiger charge is 2.05. The van der Waals surface area contributed by atoms with E-state index in [0.717, 1.165) is 25.2 Å². The van der Waals surface area contributed by atoms with Crippen LogP contribution in [0.15, 0.2) is 89.2 Å². The first-order valence-electron chi connectivity index (χ1n) is 15.7. The van der Waals surface area contributed by atoms with Crippen molar-refractivity contribution in [1.29, 1.82) is 0 Å². The predicted octanol–water partition coefficient (Wildman–Crippen LogP) is 11.9. The molecule has 40 heavy (non-hydrogen) atoms. The van der Waals surface area contributed by atoms with E-state index in [2.05, 4.69) is 64.0 Å². The predicted molar refractivity (Wildman–Crippen MR) is 185 cm³/mol. The number of nitrogens with zero attached hydrogens (tertiary/aromatic N) is 1. The van der Waals surface area contributed by atoms with E-state index in [4.69, 9.17) is 0 Å². The molecule has 2 rings (SSSR count). The Balaban J connectivity index is -0.000000210. The second kappa shape index (κ2) is 38.5. The lowest BCUT2D eigenvalue weighted by atomic mass is 9.92. The maximum atomic E-state index is 11.1. The number of carbonyl (C=O) groups excluding carboxylic acids is 1. The van der Waals surface area contributed by atoms with Gasteiger partial charge in [0.15, 0.2) is 0 Å². The monoisotopic (exact) mass is 555 g/mol. The molecular formula is C37H66N2O. The first-order chi connectivity index (χ1) is 19.3. The van der Waals surface area contributed by atoms with Gasteiger partial charge in [0.1, 0.15) is 5.78 Å². The van der Waals surface area contributed by atoms with Gasteiger partial charge in [-0.3, -0.25) is 4.79 Å². The van der Waals surface area contributed by atoms with Crippen molar-refractivity contribution in [3.8, 4) is 0 Å². The lowest BCUT2D eigenvalue weighted by molar-refractivity contribution is -0.119. The van der Waals surface area contributed by atoms with Gasteiger partial charge in [-0.2, -0.15) is 0 Å². The third-order valence-corrected chi connectivity index (χ3v) is 5.14. The van der Waals surface area contributed by atoms with Gasteiger partial charge in [0.25, 0.3) is 0 Å². The minimum absolute atomic E-state index is 0.438. The van der Waals surface area contributed by atoms with Gasteiger partial charge < -0.3 is 5.32 Å². The molecule has 0 unspecified atom stereocenters. The Morgan fingerprint density at radius 3 is 1.80 bits per heavy atom. The highest BCUT2D eigenvalue weighted by Crippen LogP contribution is 2.23. The summed E-state index contributed by atoms with van der Waals surface area (Å²) in [6.07, 6.45) is 21.1. The summed E-state index contributed by atoms with van der Waals surface area (Å²) < 4.78 is 0. The van der Waals surface area contributed by atoms with Gasteiger partial charge in [0.05, 0.1) is 6.34 Å². The van der Waals surface area contributed by atoms with Crippen LogP contribution in [0.4, 0.5) is 0 Å². The average molecular weight is 555 g/mol. The van der Waals surface area contributed by atoms with Crippen LogP contribution in [-0.4, -0.2) is 12.1 Å². The van der Waals surface area contributed by atoms with Crippen molar-refractivity contribution in [2.75, 3.05) is 0 Å². The summed E-state index contributed by atoms with van der Waals surface area (Å²) in [5, 5.41) is 2.85. The summed E-state index contributed by atoms with van der Waals surface area (Å²) in [4.78, 5) is 15.0. The van der Waals surface area contributed by atoms with E-state index in [1.807, 2.05) is 96.3 Å². The van der Waals surface area contributed by atoms with Crippen molar-refractivity contribution in [3.63, 3.8) is 0 Å². The normalized spacial score (nSPS) is 11.8. The van der Waals surface area contributed by atoms with E-state index in [1.54, 1.807) is 18.1 Å². The van der Waals surface area contributed by atoms with Gasteiger partial charge in [0, 0.05) is 19.0 Å². The Morgan fingerprint density at radius 2 is 1.43 bits per heavy atom. The van der Waals surface area contributed by atoms with Gasteiger partial charge in [0.2, 0.25) is 0 Å². The van der Waals surface area contributed by atoms with Gasteiger partial charge in [-0.1, -0.05) is 147 Å². The minimum atomic E-state index is 0.438. The molecule has 0 saturated heterocycles. The molecule has 1 aromatic carbocycles. The van der Waals surface area contributed by atoms with Crippen molar-refractivity contribution in [2.24, 2.45) is 16.8 Å². The van der Waals surface area contributed by atoms with Gasteiger partial charge in [-0.15, -0.1) is 0 Å². The van der Waals surface area contributed by atoms with E-state index in [-0.39, 0.29) is 0 Å². The van der Waals surface area contributed by atoms with E-state index in [1.165, 1.54) is 31.3 Å². The molecule has 0 aliphatic heterocycles. The fourth-order valence-corrected chi connectivity index (χ4v) is 3.06. The van der Waals surface area contributed by atoms with Crippen molar-refractivity contribution in [2.45, 2.75) is 128 Å². The first-order valence-corrected chi connectivity index (χ1v) is 15.7. The van der Waals surface area contributed by atoms with E-state index >= 15 is 0 Å². The van der Waals surface area contributed by atoms with Crippen LogP contribution >= 0.6 is 0 Å². The number of rotatable bonds is 10. The Morgan fingerprint density at radius 1 is 0.875 bits per heavy atom. The number of carbonyl (C=O) groups is 1. The zero-order valence-corrected chi connectivity index (χ0v) is 28.5. The number of allylic oxidation sites excluding steroid dienone is 6. The molecule has 0 bridgehead atoms. The second-order valence-corrected chi connectivity index (χ2v) is 9.58. The van der Waals surface area contributed by atoms with Crippen molar-refractivity contribution >= 4 is 12.1 Å². The third-order valence-electron chi connectivity index (χ3n) is 5.14. The number of Topliss-reactive ketones (excluding diaryl/α,β-unsaturated/α-hetero) is 1. The topological polar surface area (TPSA) is 41.5 Å². The number of ketones is 1. The molecule has 0 heterocycles. The van der Waals surface area contributed by atoms with Crippen molar-refractivity contribution in [1.82, 2.24) is 5.32 Å². The summed E-state index contributed by atoms with van der Waals surface area (Å²) in [5.41, 5.74) is 3.12. The highest BCUT2D eigenvalue weighted by molar-refractivity contribution is 5.78. The zero-order chi connectivity index (χ0) is 31.4. The maximum Gasteiger partial charge on any atom is 0.133 e. The molecule has 230 valence electrons. The van der Waals surface area contributed by atoms with Gasteiger partial charge >= 0.3 is 0 Å². The molecule has 3 heteroatoms. The molecule has 3 nitrogen and oxygen atoms in total. The fourth-order valence-electron chi connectivity index (χ4n) is 3.06. The number of nitrogens with one attached hydrogen (secondary N) is 1. The molecule has 0 aromatic heterocycles. The number of unbranched alkanes of at least 4 members (excludes halogenated alkanes) is 2. The summed E-state index contributed by atoms with van der Waals surface area (Å²) >= 11 is 0. The highest BCUT2D eigenvalue weighted by atomic mass is 16.1. The summed E-state index contributed by atoms with van der Waals surface area (Å²) in [5.74, 6) is 1.71. The van der Waals surface area contributed by atoms with Crippen LogP contribution in [0, 0.1) is 11.8 Å².